The minimum Gasteiger partial charge on any atom is -0.497 e. The lowest BCUT2D eigenvalue weighted by Crippen LogP contribution is -2.33. The zero-order valence-electron chi connectivity index (χ0n) is 11.3. The summed E-state index contributed by atoms with van der Waals surface area (Å²) in [7, 11) is 1.58. The molecule has 0 fully saturated rings. The number of aliphatic hydroxyl groups excluding tert-OH is 1. The summed E-state index contributed by atoms with van der Waals surface area (Å²) in [6.45, 7) is 5.38. The van der Waals surface area contributed by atoms with Gasteiger partial charge in [0.25, 0.3) is 0 Å². The second kappa shape index (κ2) is 5.87. The van der Waals surface area contributed by atoms with Crippen LogP contribution in [-0.2, 0) is 9.53 Å². The van der Waals surface area contributed by atoms with Gasteiger partial charge in [-0.1, -0.05) is 12.1 Å². The summed E-state index contributed by atoms with van der Waals surface area (Å²) in [5.74, 6) is 0.299. The van der Waals surface area contributed by atoms with E-state index < -0.39 is 17.5 Å². The number of methoxy groups -OCH3 is 1. The number of benzene rings is 1. The first-order valence-corrected chi connectivity index (χ1v) is 5.92. The third-order valence-corrected chi connectivity index (χ3v) is 2.92. The van der Waals surface area contributed by atoms with Gasteiger partial charge in [-0.15, -0.1) is 0 Å². The van der Waals surface area contributed by atoms with Crippen LogP contribution in [0.2, 0.25) is 0 Å². The molecular weight excluding hydrogens is 232 g/mol. The van der Waals surface area contributed by atoms with Crippen molar-refractivity contribution in [2.75, 3.05) is 13.7 Å². The molecule has 0 saturated carbocycles. The quantitative estimate of drug-likeness (QED) is 0.817. The Kier molecular flexibility index (Phi) is 4.73. The Morgan fingerprint density at radius 3 is 2.33 bits per heavy atom. The van der Waals surface area contributed by atoms with Gasteiger partial charge < -0.3 is 14.6 Å². The molecule has 1 aromatic rings. The average molecular weight is 252 g/mol. The molecule has 0 aliphatic carbocycles. The van der Waals surface area contributed by atoms with Crippen LogP contribution in [0.4, 0.5) is 0 Å². The zero-order valence-corrected chi connectivity index (χ0v) is 11.3. The van der Waals surface area contributed by atoms with E-state index in [1.54, 1.807) is 52.1 Å². The zero-order chi connectivity index (χ0) is 13.8. The number of carbonyl (C=O) groups excluding carboxylic acids is 1. The normalized spacial score (nSPS) is 12.9. The molecule has 1 rings (SSSR count). The van der Waals surface area contributed by atoms with E-state index in [1.807, 2.05) is 0 Å². The molecule has 1 aromatic carbocycles. The Morgan fingerprint density at radius 2 is 1.89 bits per heavy atom. The highest BCUT2D eigenvalue weighted by atomic mass is 16.5. The molecule has 4 heteroatoms. The Bertz CT molecular complexity index is 395. The highest BCUT2D eigenvalue weighted by Gasteiger charge is 2.38. The SMILES string of the molecule is CCOC(=O)C(C)(C)[C@H](O)c1ccc(OC)cc1. The highest BCUT2D eigenvalue weighted by Crippen LogP contribution is 2.35. The Morgan fingerprint density at radius 1 is 1.33 bits per heavy atom. The van der Waals surface area contributed by atoms with Crippen LogP contribution in [0.25, 0.3) is 0 Å². The predicted octanol–water partition coefficient (Wildman–Crippen LogP) is 2.32. The summed E-state index contributed by atoms with van der Waals surface area (Å²) in [5.41, 5.74) is -0.321. The van der Waals surface area contributed by atoms with Gasteiger partial charge in [0.15, 0.2) is 0 Å². The van der Waals surface area contributed by atoms with Gasteiger partial charge in [0.1, 0.15) is 5.75 Å². The molecule has 1 atom stereocenters. The molecule has 1 N–H and O–H groups in total. The van der Waals surface area contributed by atoms with E-state index in [9.17, 15) is 9.90 Å². The number of rotatable bonds is 5. The van der Waals surface area contributed by atoms with E-state index in [-0.39, 0.29) is 0 Å². The highest BCUT2D eigenvalue weighted by molar-refractivity contribution is 5.77. The van der Waals surface area contributed by atoms with Crippen LogP contribution in [-0.4, -0.2) is 24.8 Å². The molecule has 4 nitrogen and oxygen atoms in total. The van der Waals surface area contributed by atoms with Crippen LogP contribution in [0.5, 0.6) is 5.75 Å². The van der Waals surface area contributed by atoms with Crippen LogP contribution < -0.4 is 4.74 Å². The number of hydrogen-bond acceptors (Lipinski definition) is 4. The van der Waals surface area contributed by atoms with E-state index in [4.69, 9.17) is 9.47 Å². The van der Waals surface area contributed by atoms with Crippen molar-refractivity contribution < 1.29 is 19.4 Å². The minimum atomic E-state index is -0.982. The monoisotopic (exact) mass is 252 g/mol. The van der Waals surface area contributed by atoms with Gasteiger partial charge in [0.05, 0.1) is 25.2 Å². The van der Waals surface area contributed by atoms with Gasteiger partial charge >= 0.3 is 5.97 Å². The lowest BCUT2D eigenvalue weighted by Gasteiger charge is -2.28. The smallest absolute Gasteiger partial charge is 0.314 e. The van der Waals surface area contributed by atoms with Crippen molar-refractivity contribution >= 4 is 5.97 Å². The van der Waals surface area contributed by atoms with Crippen molar-refractivity contribution in [3.63, 3.8) is 0 Å². The lowest BCUT2D eigenvalue weighted by molar-refractivity contribution is -0.160. The fraction of sp³-hybridized carbons (Fsp3) is 0.500. The molecule has 0 radical (unpaired) electrons. The largest absolute Gasteiger partial charge is 0.497 e. The van der Waals surface area contributed by atoms with Crippen LogP contribution in [0.3, 0.4) is 0 Å². The van der Waals surface area contributed by atoms with Gasteiger partial charge in [0.2, 0.25) is 0 Å². The van der Waals surface area contributed by atoms with Crippen molar-refractivity contribution in [1.29, 1.82) is 0 Å². The van der Waals surface area contributed by atoms with Crippen LogP contribution in [0, 0.1) is 5.41 Å². The first kappa shape index (κ1) is 14.5. The van der Waals surface area contributed by atoms with Crippen molar-refractivity contribution in [1.82, 2.24) is 0 Å². The molecule has 100 valence electrons. The number of esters is 1. The number of carbonyl (C=O) groups is 1. The molecule has 0 heterocycles. The second-order valence-electron chi connectivity index (χ2n) is 4.62. The van der Waals surface area contributed by atoms with Crippen molar-refractivity contribution in [3.05, 3.63) is 29.8 Å². The maximum absolute atomic E-state index is 11.8. The van der Waals surface area contributed by atoms with Crippen LogP contribution in [0.1, 0.15) is 32.4 Å². The summed E-state index contributed by atoms with van der Waals surface area (Å²) in [6.07, 6.45) is -0.914. The van der Waals surface area contributed by atoms with E-state index in [0.29, 0.717) is 17.9 Å². The molecule has 0 amide bonds. The topological polar surface area (TPSA) is 55.8 Å². The standard InChI is InChI=1S/C14H20O4/c1-5-18-13(16)14(2,3)12(15)10-6-8-11(17-4)9-7-10/h6-9,12,15H,5H2,1-4H3/t12-/m1/s1. The minimum absolute atomic E-state index is 0.303. The fourth-order valence-corrected chi connectivity index (χ4v) is 1.63. The van der Waals surface area contributed by atoms with Gasteiger partial charge in [-0.25, -0.2) is 0 Å². The summed E-state index contributed by atoms with van der Waals surface area (Å²) < 4.78 is 10.0. The molecule has 18 heavy (non-hydrogen) atoms. The maximum Gasteiger partial charge on any atom is 0.314 e. The van der Waals surface area contributed by atoms with Gasteiger partial charge in [0, 0.05) is 0 Å². The fourth-order valence-electron chi connectivity index (χ4n) is 1.63. The number of aliphatic hydroxyl groups is 1. The molecule has 0 aliphatic heterocycles. The third kappa shape index (κ3) is 3.01. The number of ether oxygens (including phenoxy) is 2. The van der Waals surface area contributed by atoms with Gasteiger partial charge in [-0.2, -0.15) is 0 Å². The first-order valence-electron chi connectivity index (χ1n) is 5.92. The Balaban J connectivity index is 2.90. The van der Waals surface area contributed by atoms with E-state index in [0.717, 1.165) is 0 Å². The lowest BCUT2D eigenvalue weighted by atomic mass is 9.82. The van der Waals surface area contributed by atoms with E-state index >= 15 is 0 Å². The Hall–Kier alpha value is -1.55. The summed E-state index contributed by atoms with van der Waals surface area (Å²) >= 11 is 0. The summed E-state index contributed by atoms with van der Waals surface area (Å²) in [4.78, 5) is 11.8. The maximum atomic E-state index is 11.8. The molecular formula is C14H20O4. The first-order chi connectivity index (χ1) is 8.43. The van der Waals surface area contributed by atoms with Crippen molar-refractivity contribution in [2.45, 2.75) is 26.9 Å². The predicted molar refractivity (Wildman–Crippen MR) is 68.4 cm³/mol. The van der Waals surface area contributed by atoms with Gasteiger partial charge in [-0.05, 0) is 38.5 Å². The van der Waals surface area contributed by atoms with Crippen molar-refractivity contribution in [2.24, 2.45) is 5.41 Å². The molecule has 0 saturated heterocycles. The molecule has 0 aromatic heterocycles. The summed E-state index contributed by atoms with van der Waals surface area (Å²) in [6, 6.07) is 6.98. The molecule has 0 spiro atoms. The molecule has 0 bridgehead atoms. The Labute approximate surface area is 108 Å². The molecule has 0 aliphatic rings. The molecule has 0 unspecified atom stereocenters. The number of hydrogen-bond donors (Lipinski definition) is 1. The third-order valence-electron chi connectivity index (χ3n) is 2.92. The van der Waals surface area contributed by atoms with E-state index in [2.05, 4.69) is 0 Å². The summed E-state index contributed by atoms with van der Waals surface area (Å²) in [5, 5.41) is 10.3. The van der Waals surface area contributed by atoms with Crippen LogP contribution in [0.15, 0.2) is 24.3 Å². The van der Waals surface area contributed by atoms with Crippen molar-refractivity contribution in [3.8, 4) is 5.75 Å². The van der Waals surface area contributed by atoms with E-state index in [1.165, 1.54) is 0 Å². The van der Waals surface area contributed by atoms with Crippen LogP contribution >= 0.6 is 0 Å². The average Bonchev–Trinajstić information content (AvgIpc) is 2.38. The second-order valence-corrected chi connectivity index (χ2v) is 4.62. The van der Waals surface area contributed by atoms with Gasteiger partial charge in [-0.3, -0.25) is 4.79 Å².